The molecule has 1 aliphatic carbocycles. The quantitative estimate of drug-likeness (QED) is 0.193. The third-order valence-electron chi connectivity index (χ3n) is 6.98. The lowest BCUT2D eigenvalue weighted by molar-refractivity contribution is 1.26. The van der Waals surface area contributed by atoms with E-state index in [0.29, 0.717) is 0 Å². The molecule has 0 amide bonds. The summed E-state index contributed by atoms with van der Waals surface area (Å²) in [6, 6.07) is 55.4. The summed E-state index contributed by atoms with van der Waals surface area (Å²) in [5.74, 6) is 0. The SMILES string of the molecule is c1ccc2c(c1)Cc1ccccc1-2.c1ccc2cc3ccccc3cc2c1.c1ccc2ccccc2c1. The van der Waals surface area contributed by atoms with E-state index >= 15 is 0 Å². The normalized spacial score (nSPS) is 11.1. The standard InChI is InChI=1S/C14H10.C13H10.C10H8/c1-2-6-12-10-14-8-4-3-7-13(14)9-11(12)5-1;1-3-7-12-10(5-1)9-11-6-2-4-8-13(11)12;1-2-6-10-8-4-3-7-9(10)5-1/h1-10H;1-8H,9H2;1-8H. The van der Waals surface area contributed by atoms with Crippen molar-refractivity contribution in [1.29, 1.82) is 0 Å². The fourth-order valence-electron chi connectivity index (χ4n) is 5.10. The largest absolute Gasteiger partial charge is 0.0619 e. The van der Waals surface area contributed by atoms with Gasteiger partial charge in [-0.15, -0.1) is 0 Å². The molecule has 0 aliphatic heterocycles. The van der Waals surface area contributed by atoms with Crippen LogP contribution in [-0.2, 0) is 6.42 Å². The molecule has 0 N–H and O–H groups in total. The molecule has 8 rings (SSSR count). The molecule has 176 valence electrons. The molecule has 0 heterocycles. The van der Waals surface area contributed by atoms with Crippen LogP contribution in [0.4, 0.5) is 0 Å². The molecule has 0 atom stereocenters. The second-order valence-electron chi connectivity index (χ2n) is 9.38. The zero-order chi connectivity index (χ0) is 24.9. The Morgan fingerprint density at radius 1 is 0.270 bits per heavy atom. The van der Waals surface area contributed by atoms with Gasteiger partial charge in [0.2, 0.25) is 0 Å². The van der Waals surface area contributed by atoms with Crippen molar-refractivity contribution in [2.75, 3.05) is 0 Å². The Morgan fingerprint density at radius 2 is 0.541 bits per heavy atom. The van der Waals surface area contributed by atoms with Crippen molar-refractivity contribution in [3.63, 3.8) is 0 Å². The molecule has 1 aliphatic rings. The van der Waals surface area contributed by atoms with E-state index in [4.69, 9.17) is 0 Å². The van der Waals surface area contributed by atoms with Crippen LogP contribution in [0.15, 0.2) is 158 Å². The molecule has 37 heavy (non-hydrogen) atoms. The first-order valence-electron chi connectivity index (χ1n) is 12.8. The number of hydrogen-bond acceptors (Lipinski definition) is 0. The van der Waals surface area contributed by atoms with Crippen molar-refractivity contribution in [2.24, 2.45) is 0 Å². The van der Waals surface area contributed by atoms with Gasteiger partial charge < -0.3 is 0 Å². The van der Waals surface area contributed by atoms with Gasteiger partial charge in [-0.1, -0.05) is 146 Å². The lowest BCUT2D eigenvalue weighted by Gasteiger charge is -2.00. The first-order valence-corrected chi connectivity index (χ1v) is 12.8. The minimum atomic E-state index is 1.10. The lowest BCUT2D eigenvalue weighted by Crippen LogP contribution is -1.77. The van der Waals surface area contributed by atoms with Crippen molar-refractivity contribution in [2.45, 2.75) is 6.42 Å². The summed E-state index contributed by atoms with van der Waals surface area (Å²) >= 11 is 0. The van der Waals surface area contributed by atoms with Crippen molar-refractivity contribution in [3.8, 4) is 11.1 Å². The third kappa shape index (κ3) is 5.01. The Balaban J connectivity index is 0.000000104. The summed E-state index contributed by atoms with van der Waals surface area (Å²) in [4.78, 5) is 0. The second-order valence-corrected chi connectivity index (χ2v) is 9.38. The van der Waals surface area contributed by atoms with Gasteiger partial charge in [-0.25, -0.2) is 0 Å². The molecule has 0 bridgehead atoms. The van der Waals surface area contributed by atoms with E-state index in [0.717, 1.165) is 6.42 Å². The zero-order valence-electron chi connectivity index (χ0n) is 20.7. The highest BCUT2D eigenvalue weighted by Gasteiger charge is 2.15. The maximum atomic E-state index is 2.24. The lowest BCUT2D eigenvalue weighted by atomic mass is 10.0. The minimum Gasteiger partial charge on any atom is -0.0619 e. The molecular weight excluding hydrogens is 444 g/mol. The van der Waals surface area contributed by atoms with Gasteiger partial charge in [-0.05, 0) is 73.1 Å². The molecule has 0 nitrogen and oxygen atoms in total. The van der Waals surface area contributed by atoms with Crippen LogP contribution in [0.5, 0.6) is 0 Å². The Hall–Kier alpha value is -4.68. The predicted molar refractivity (Wildman–Crippen MR) is 160 cm³/mol. The Kier molecular flexibility index (Phi) is 6.47. The second kappa shape index (κ2) is 10.5. The van der Waals surface area contributed by atoms with Crippen LogP contribution in [-0.4, -0.2) is 0 Å². The maximum absolute atomic E-state index is 2.24. The number of fused-ring (bicyclic) bond motifs is 6. The number of rotatable bonds is 0. The third-order valence-corrected chi connectivity index (χ3v) is 6.98. The van der Waals surface area contributed by atoms with Gasteiger partial charge in [0.25, 0.3) is 0 Å². The van der Waals surface area contributed by atoms with Gasteiger partial charge in [0.15, 0.2) is 0 Å². The molecule has 7 aromatic carbocycles. The summed E-state index contributed by atoms with van der Waals surface area (Å²) in [5.41, 5.74) is 5.75. The van der Waals surface area contributed by atoms with Crippen LogP contribution >= 0.6 is 0 Å². The topological polar surface area (TPSA) is 0 Å². The average molecular weight is 473 g/mol. The highest BCUT2D eigenvalue weighted by molar-refractivity contribution is 5.98. The minimum absolute atomic E-state index is 1.10. The highest BCUT2D eigenvalue weighted by atomic mass is 14.2. The fourth-order valence-corrected chi connectivity index (χ4v) is 5.10. The molecule has 0 aromatic heterocycles. The van der Waals surface area contributed by atoms with Gasteiger partial charge in [0.05, 0.1) is 0 Å². The molecule has 7 aromatic rings. The number of hydrogen-bond donors (Lipinski definition) is 0. The molecule has 0 saturated carbocycles. The molecule has 0 heteroatoms. The monoisotopic (exact) mass is 472 g/mol. The molecule has 0 saturated heterocycles. The van der Waals surface area contributed by atoms with Crippen molar-refractivity contribution >= 4 is 32.3 Å². The van der Waals surface area contributed by atoms with Crippen LogP contribution in [0.1, 0.15) is 11.1 Å². The van der Waals surface area contributed by atoms with Crippen LogP contribution < -0.4 is 0 Å². The Bertz CT molecular complexity index is 1590. The summed E-state index contributed by atoms with van der Waals surface area (Å²) < 4.78 is 0. The van der Waals surface area contributed by atoms with Crippen LogP contribution in [0.3, 0.4) is 0 Å². The molecule has 0 spiro atoms. The fraction of sp³-hybridized carbons (Fsp3) is 0.0270. The van der Waals surface area contributed by atoms with E-state index in [1.54, 1.807) is 0 Å². The van der Waals surface area contributed by atoms with E-state index in [-0.39, 0.29) is 0 Å². The molecular formula is C37H28. The van der Waals surface area contributed by atoms with Gasteiger partial charge in [-0.3, -0.25) is 0 Å². The van der Waals surface area contributed by atoms with Crippen LogP contribution in [0, 0.1) is 0 Å². The maximum Gasteiger partial charge on any atom is -0.00135 e. The van der Waals surface area contributed by atoms with Gasteiger partial charge in [0, 0.05) is 0 Å². The van der Waals surface area contributed by atoms with Crippen molar-refractivity contribution in [3.05, 3.63) is 169 Å². The van der Waals surface area contributed by atoms with E-state index in [2.05, 4.69) is 158 Å². The highest BCUT2D eigenvalue weighted by Crippen LogP contribution is 2.35. The Morgan fingerprint density at radius 3 is 0.892 bits per heavy atom. The van der Waals surface area contributed by atoms with Crippen molar-refractivity contribution < 1.29 is 0 Å². The number of benzene rings is 7. The molecule has 0 radical (unpaired) electrons. The first kappa shape index (κ1) is 22.8. The summed E-state index contributed by atoms with van der Waals surface area (Å²) in [7, 11) is 0. The van der Waals surface area contributed by atoms with E-state index in [1.165, 1.54) is 54.6 Å². The smallest absolute Gasteiger partial charge is 0.00135 e. The van der Waals surface area contributed by atoms with Crippen LogP contribution in [0.2, 0.25) is 0 Å². The van der Waals surface area contributed by atoms with Gasteiger partial charge >= 0.3 is 0 Å². The summed E-state index contributed by atoms with van der Waals surface area (Å²) in [6.45, 7) is 0. The first-order chi connectivity index (χ1) is 18.3. The van der Waals surface area contributed by atoms with E-state index < -0.39 is 0 Å². The molecule has 0 unspecified atom stereocenters. The van der Waals surface area contributed by atoms with E-state index in [1.807, 2.05) is 0 Å². The Labute approximate surface area is 218 Å². The molecule has 0 fully saturated rings. The van der Waals surface area contributed by atoms with Gasteiger partial charge in [0.1, 0.15) is 0 Å². The van der Waals surface area contributed by atoms with E-state index in [9.17, 15) is 0 Å². The summed E-state index contributed by atoms with van der Waals surface area (Å²) in [5, 5.41) is 7.87. The summed E-state index contributed by atoms with van der Waals surface area (Å²) in [6.07, 6.45) is 1.10. The van der Waals surface area contributed by atoms with Gasteiger partial charge in [-0.2, -0.15) is 0 Å². The average Bonchev–Trinajstić information content (AvgIpc) is 3.36. The van der Waals surface area contributed by atoms with Crippen LogP contribution in [0.25, 0.3) is 43.4 Å². The zero-order valence-corrected chi connectivity index (χ0v) is 20.7. The van der Waals surface area contributed by atoms with Crippen molar-refractivity contribution in [1.82, 2.24) is 0 Å². The predicted octanol–water partition coefficient (Wildman–Crippen LogP) is 10.1.